The molecule has 1 saturated heterocycles. The van der Waals surface area contributed by atoms with Gasteiger partial charge in [-0.2, -0.15) is 18.2 Å². The molecule has 0 bridgehead atoms. The van der Waals surface area contributed by atoms with Crippen molar-refractivity contribution in [3.05, 3.63) is 65.8 Å². The Hall–Kier alpha value is -3.27. The second kappa shape index (κ2) is 8.23. The number of piperazine rings is 1. The number of rotatable bonds is 4. The number of carbonyl (C=O) groups is 1. The van der Waals surface area contributed by atoms with Gasteiger partial charge in [-0.3, -0.25) is 14.7 Å². The summed E-state index contributed by atoms with van der Waals surface area (Å²) < 4.78 is 43.3. The number of amides is 1. The fraction of sp³-hybridized carbons (Fsp3) is 0.300. The zero-order valence-electron chi connectivity index (χ0n) is 15.8. The second-order valence-electron chi connectivity index (χ2n) is 6.89. The van der Waals surface area contributed by atoms with Gasteiger partial charge in [-0.1, -0.05) is 17.3 Å². The molecule has 1 aromatic carbocycles. The fourth-order valence-corrected chi connectivity index (χ4v) is 3.22. The standard InChI is InChI=1S/C20H18F3N5O2/c21-20(22,23)16-3-1-14(2-4-16)18-25-17(30-26-18)13-27-9-11-28(12-10-27)19(29)15-5-7-24-8-6-15/h1-8H,9-13H2. The van der Waals surface area contributed by atoms with E-state index in [1.165, 1.54) is 12.1 Å². The Kier molecular flexibility index (Phi) is 5.49. The molecule has 0 spiro atoms. The minimum Gasteiger partial charge on any atom is -0.338 e. The van der Waals surface area contributed by atoms with Gasteiger partial charge in [-0.15, -0.1) is 0 Å². The lowest BCUT2D eigenvalue weighted by molar-refractivity contribution is -0.137. The van der Waals surface area contributed by atoms with E-state index in [1.54, 1.807) is 29.4 Å². The maximum atomic E-state index is 12.7. The predicted octanol–water partition coefficient (Wildman–Crippen LogP) is 3.11. The van der Waals surface area contributed by atoms with Crippen molar-refractivity contribution in [2.45, 2.75) is 12.7 Å². The fourth-order valence-electron chi connectivity index (χ4n) is 3.22. The molecule has 0 N–H and O–H groups in total. The van der Waals surface area contributed by atoms with Crippen LogP contribution in [0, 0.1) is 0 Å². The van der Waals surface area contributed by atoms with E-state index < -0.39 is 11.7 Å². The van der Waals surface area contributed by atoms with Gasteiger partial charge in [0, 0.05) is 49.7 Å². The van der Waals surface area contributed by atoms with Gasteiger partial charge in [0.1, 0.15) is 0 Å². The average Bonchev–Trinajstić information content (AvgIpc) is 3.22. The first kappa shape index (κ1) is 20.0. The van der Waals surface area contributed by atoms with Gasteiger partial charge in [0.2, 0.25) is 11.7 Å². The summed E-state index contributed by atoms with van der Waals surface area (Å²) in [7, 11) is 0. The van der Waals surface area contributed by atoms with Crippen molar-refractivity contribution in [1.29, 1.82) is 0 Å². The first-order valence-corrected chi connectivity index (χ1v) is 9.32. The minimum atomic E-state index is -4.39. The van der Waals surface area contributed by atoms with Gasteiger partial charge < -0.3 is 9.42 Å². The summed E-state index contributed by atoms with van der Waals surface area (Å²) >= 11 is 0. The molecule has 0 aliphatic carbocycles. The summed E-state index contributed by atoms with van der Waals surface area (Å²) in [4.78, 5) is 24.5. The third kappa shape index (κ3) is 4.48. The lowest BCUT2D eigenvalue weighted by Crippen LogP contribution is -2.48. The molecule has 3 aromatic rings. The lowest BCUT2D eigenvalue weighted by atomic mass is 10.1. The van der Waals surface area contributed by atoms with Crippen LogP contribution >= 0.6 is 0 Å². The number of nitrogens with zero attached hydrogens (tertiary/aromatic N) is 5. The van der Waals surface area contributed by atoms with Crippen molar-refractivity contribution in [2.75, 3.05) is 26.2 Å². The molecule has 1 aliphatic heterocycles. The van der Waals surface area contributed by atoms with Crippen molar-refractivity contribution in [1.82, 2.24) is 24.9 Å². The zero-order valence-corrected chi connectivity index (χ0v) is 15.8. The highest BCUT2D eigenvalue weighted by Crippen LogP contribution is 2.30. The molecule has 3 heterocycles. The lowest BCUT2D eigenvalue weighted by Gasteiger charge is -2.33. The number of carbonyl (C=O) groups excluding carboxylic acids is 1. The highest BCUT2D eigenvalue weighted by Gasteiger charge is 2.30. The molecule has 2 aromatic heterocycles. The Morgan fingerprint density at radius 2 is 1.67 bits per heavy atom. The number of aromatic nitrogens is 3. The third-order valence-corrected chi connectivity index (χ3v) is 4.88. The van der Waals surface area contributed by atoms with Crippen LogP contribution in [-0.2, 0) is 12.7 Å². The molecule has 4 rings (SSSR count). The smallest absolute Gasteiger partial charge is 0.338 e. The molecule has 0 saturated carbocycles. The van der Waals surface area contributed by atoms with Crippen molar-refractivity contribution >= 4 is 5.91 Å². The first-order valence-electron chi connectivity index (χ1n) is 9.32. The Morgan fingerprint density at radius 3 is 2.30 bits per heavy atom. The maximum Gasteiger partial charge on any atom is 0.416 e. The van der Waals surface area contributed by atoms with Crippen LogP contribution in [0.4, 0.5) is 13.2 Å². The predicted molar refractivity (Wildman–Crippen MR) is 100 cm³/mol. The van der Waals surface area contributed by atoms with Crippen LogP contribution in [0.1, 0.15) is 21.8 Å². The summed E-state index contributed by atoms with van der Waals surface area (Å²) in [5.74, 6) is 0.587. The molecular formula is C20H18F3N5O2. The second-order valence-corrected chi connectivity index (χ2v) is 6.89. The van der Waals surface area contributed by atoms with Gasteiger partial charge in [0.25, 0.3) is 5.91 Å². The third-order valence-electron chi connectivity index (χ3n) is 4.88. The van der Waals surface area contributed by atoms with Crippen LogP contribution in [0.5, 0.6) is 0 Å². The Labute approximate surface area is 170 Å². The molecule has 0 unspecified atom stereocenters. The van der Waals surface area contributed by atoms with E-state index in [-0.39, 0.29) is 11.7 Å². The molecule has 0 radical (unpaired) electrons. The van der Waals surface area contributed by atoms with E-state index in [1.807, 2.05) is 0 Å². The summed E-state index contributed by atoms with van der Waals surface area (Å²) in [6.45, 7) is 2.84. The number of halogens is 3. The SMILES string of the molecule is O=C(c1ccncc1)N1CCN(Cc2nc(-c3ccc(C(F)(F)F)cc3)no2)CC1. The quantitative estimate of drug-likeness (QED) is 0.650. The zero-order chi connectivity index (χ0) is 21.1. The largest absolute Gasteiger partial charge is 0.416 e. The summed E-state index contributed by atoms with van der Waals surface area (Å²) in [5, 5.41) is 3.86. The Morgan fingerprint density at radius 1 is 1.00 bits per heavy atom. The molecule has 156 valence electrons. The van der Waals surface area contributed by atoms with Gasteiger partial charge in [0.05, 0.1) is 12.1 Å². The molecule has 10 heteroatoms. The Bertz CT molecular complexity index is 997. The van der Waals surface area contributed by atoms with Crippen molar-refractivity contribution < 1.29 is 22.5 Å². The maximum absolute atomic E-state index is 12.7. The van der Waals surface area contributed by atoms with E-state index in [9.17, 15) is 18.0 Å². The van der Waals surface area contributed by atoms with Crippen LogP contribution in [0.2, 0.25) is 0 Å². The molecular weight excluding hydrogens is 399 g/mol. The number of hydrogen-bond acceptors (Lipinski definition) is 6. The van der Waals surface area contributed by atoms with Crippen LogP contribution in [-0.4, -0.2) is 57.0 Å². The molecule has 0 atom stereocenters. The number of benzene rings is 1. The van der Waals surface area contributed by atoms with Crippen LogP contribution in [0.3, 0.4) is 0 Å². The first-order chi connectivity index (χ1) is 14.4. The van der Waals surface area contributed by atoms with Gasteiger partial charge in [0.15, 0.2) is 0 Å². The molecule has 7 nitrogen and oxygen atoms in total. The molecule has 30 heavy (non-hydrogen) atoms. The number of alkyl halides is 3. The van der Waals surface area contributed by atoms with Crippen LogP contribution < -0.4 is 0 Å². The number of hydrogen-bond donors (Lipinski definition) is 0. The summed E-state index contributed by atoms with van der Waals surface area (Å²) in [6, 6.07) is 8.00. The van der Waals surface area contributed by atoms with Crippen LogP contribution in [0.15, 0.2) is 53.3 Å². The monoisotopic (exact) mass is 417 g/mol. The van der Waals surface area contributed by atoms with Gasteiger partial charge in [-0.05, 0) is 24.3 Å². The van der Waals surface area contributed by atoms with E-state index in [4.69, 9.17) is 4.52 Å². The highest BCUT2D eigenvalue weighted by molar-refractivity contribution is 5.94. The van der Waals surface area contributed by atoms with E-state index in [2.05, 4.69) is 20.0 Å². The van der Waals surface area contributed by atoms with E-state index in [0.717, 1.165) is 12.1 Å². The normalized spacial score (nSPS) is 15.4. The Balaban J connectivity index is 1.33. The highest BCUT2D eigenvalue weighted by atomic mass is 19.4. The molecule has 1 aliphatic rings. The van der Waals surface area contributed by atoms with Gasteiger partial charge in [-0.25, -0.2) is 0 Å². The summed E-state index contributed by atoms with van der Waals surface area (Å²) in [6.07, 6.45) is -1.21. The van der Waals surface area contributed by atoms with Crippen molar-refractivity contribution in [3.8, 4) is 11.4 Å². The van der Waals surface area contributed by atoms with Gasteiger partial charge >= 0.3 is 6.18 Å². The average molecular weight is 417 g/mol. The minimum absolute atomic E-state index is 0.0283. The van der Waals surface area contributed by atoms with Crippen molar-refractivity contribution in [3.63, 3.8) is 0 Å². The van der Waals surface area contributed by atoms with E-state index in [0.29, 0.717) is 49.7 Å². The number of pyridine rings is 1. The van der Waals surface area contributed by atoms with Crippen molar-refractivity contribution in [2.24, 2.45) is 0 Å². The topological polar surface area (TPSA) is 75.4 Å². The molecule has 1 amide bonds. The van der Waals surface area contributed by atoms with E-state index >= 15 is 0 Å². The molecule has 1 fully saturated rings. The summed E-state index contributed by atoms with van der Waals surface area (Å²) in [5.41, 5.74) is 0.330. The van der Waals surface area contributed by atoms with Crippen LogP contribution in [0.25, 0.3) is 11.4 Å².